The Balaban J connectivity index is 0.000000758. The zero-order chi connectivity index (χ0) is 21.2. The number of rotatable bonds is 5. The van der Waals surface area contributed by atoms with Crippen molar-refractivity contribution in [2.45, 2.75) is 13.8 Å². The number of aryl methyl sites for hydroxylation is 1. The van der Waals surface area contributed by atoms with Crippen molar-refractivity contribution in [2.75, 3.05) is 42.3 Å². The van der Waals surface area contributed by atoms with Crippen molar-refractivity contribution in [1.82, 2.24) is 14.0 Å². The SMILES string of the molecule is Cc1cccc(O[P+](N(C)C)(N(C)C)N(C)C)c1C.F[P-](F)(F)(F)(F)F. The van der Waals surface area contributed by atoms with Crippen LogP contribution in [0.1, 0.15) is 11.1 Å². The molecule has 0 aromatic heterocycles. The molecule has 1 aromatic rings. The van der Waals surface area contributed by atoms with Gasteiger partial charge >= 0.3 is 40.9 Å². The Labute approximate surface area is 151 Å². The number of hydrogen-bond acceptors (Lipinski definition) is 4. The summed E-state index contributed by atoms with van der Waals surface area (Å²) < 4.78 is 72.2. The molecule has 0 saturated heterocycles. The van der Waals surface area contributed by atoms with Gasteiger partial charge < -0.3 is 0 Å². The molecule has 12 heteroatoms. The van der Waals surface area contributed by atoms with E-state index in [1.807, 2.05) is 12.1 Å². The van der Waals surface area contributed by atoms with Crippen molar-refractivity contribution in [3.05, 3.63) is 29.3 Å². The summed E-state index contributed by atoms with van der Waals surface area (Å²) in [7, 11) is -0.228. The van der Waals surface area contributed by atoms with Gasteiger partial charge in [0.1, 0.15) is 0 Å². The molecule has 0 bridgehead atoms. The van der Waals surface area contributed by atoms with Crippen molar-refractivity contribution in [1.29, 1.82) is 0 Å². The van der Waals surface area contributed by atoms with E-state index in [1.54, 1.807) is 0 Å². The first kappa shape index (κ1) is 25.3. The summed E-state index contributed by atoms with van der Waals surface area (Å²) in [5.74, 6) is 0.962. The van der Waals surface area contributed by atoms with Crippen molar-refractivity contribution in [3.63, 3.8) is 0 Å². The summed E-state index contributed by atoms with van der Waals surface area (Å²) in [5, 5.41) is 0. The third kappa shape index (κ3) is 8.82. The molecule has 0 N–H and O–H groups in total. The predicted molar refractivity (Wildman–Crippen MR) is 98.1 cm³/mol. The molecule has 26 heavy (non-hydrogen) atoms. The molecule has 4 nitrogen and oxygen atoms in total. The van der Waals surface area contributed by atoms with Gasteiger partial charge in [-0.15, -0.1) is 14.0 Å². The molecule has 0 saturated carbocycles. The van der Waals surface area contributed by atoms with Gasteiger partial charge in [-0.2, -0.15) is 0 Å². The zero-order valence-electron chi connectivity index (χ0n) is 16.1. The molecule has 0 aliphatic heterocycles. The van der Waals surface area contributed by atoms with Crippen LogP contribution in [0.15, 0.2) is 18.2 Å². The van der Waals surface area contributed by atoms with Gasteiger partial charge in [-0.3, -0.25) is 4.52 Å². The van der Waals surface area contributed by atoms with Crippen LogP contribution in [0.2, 0.25) is 0 Å². The van der Waals surface area contributed by atoms with Gasteiger partial charge in [-0.05, 0) is 31.0 Å². The third-order valence-corrected chi connectivity index (χ3v) is 6.91. The van der Waals surface area contributed by atoms with Crippen molar-refractivity contribution in [3.8, 4) is 5.75 Å². The summed E-state index contributed by atoms with van der Waals surface area (Å²) >= 11 is 0. The Kier molecular flexibility index (Phi) is 7.21. The van der Waals surface area contributed by atoms with Crippen LogP contribution in [0.3, 0.4) is 0 Å². The molecule has 0 atom stereocenters. The maximum atomic E-state index is 9.87. The molecule has 1 aromatic carbocycles. The van der Waals surface area contributed by atoms with E-state index in [0.717, 1.165) is 5.75 Å². The standard InChI is InChI=1S/C14H27N3OP.F6P/c1-12-10-9-11-14(13(12)2)18-19(15(3)4,16(5)6)17(7)8;1-7(2,3,4,5)6/h9-11H,1-8H3;/q+1;-1. The molecule has 0 aliphatic carbocycles. The summed E-state index contributed by atoms with van der Waals surface area (Å²) in [4.78, 5) is 0. The van der Waals surface area contributed by atoms with Crippen LogP contribution >= 0.6 is 15.8 Å². The first-order valence-electron chi connectivity index (χ1n) is 7.43. The molecule has 0 aliphatic rings. The zero-order valence-corrected chi connectivity index (χ0v) is 17.9. The molecule has 0 heterocycles. The molecule has 156 valence electrons. The Hall–Kier alpha value is -0.660. The fraction of sp³-hybridized carbons (Fsp3) is 0.571. The predicted octanol–water partition coefficient (Wildman–Crippen LogP) is 6.43. The monoisotopic (exact) mass is 429 g/mol. The van der Waals surface area contributed by atoms with E-state index in [-0.39, 0.29) is 0 Å². The fourth-order valence-corrected chi connectivity index (χ4v) is 5.37. The molecular weight excluding hydrogens is 402 g/mol. The van der Waals surface area contributed by atoms with Crippen LogP contribution in [-0.4, -0.2) is 56.3 Å². The van der Waals surface area contributed by atoms with Crippen LogP contribution in [0.25, 0.3) is 0 Å². The normalized spacial score (nSPS) is 15.4. The number of nitrogens with zero attached hydrogens (tertiary/aromatic N) is 3. The third-order valence-electron chi connectivity index (χ3n) is 3.34. The van der Waals surface area contributed by atoms with E-state index in [1.165, 1.54) is 11.1 Å². The molecule has 0 fully saturated rings. The van der Waals surface area contributed by atoms with E-state index in [0.29, 0.717) is 0 Å². The van der Waals surface area contributed by atoms with Crippen molar-refractivity contribution in [2.24, 2.45) is 0 Å². The Morgan fingerprint density at radius 1 is 0.769 bits per heavy atom. The second kappa shape index (κ2) is 7.40. The fourth-order valence-electron chi connectivity index (χ4n) is 2.27. The average molecular weight is 429 g/mol. The summed E-state index contributed by atoms with van der Waals surface area (Å²) in [5.41, 5.74) is 2.46. The van der Waals surface area contributed by atoms with Crippen molar-refractivity contribution >= 4 is 15.8 Å². The first-order chi connectivity index (χ1) is 11.2. The minimum absolute atomic E-state index is 0.962. The van der Waals surface area contributed by atoms with Gasteiger partial charge in [0, 0.05) is 42.3 Å². The average Bonchev–Trinajstić information content (AvgIpc) is 2.35. The van der Waals surface area contributed by atoms with Gasteiger partial charge in [-0.1, -0.05) is 12.1 Å². The van der Waals surface area contributed by atoms with Gasteiger partial charge in [0.15, 0.2) is 5.75 Å². The molecule has 0 unspecified atom stereocenters. The first-order valence-corrected chi connectivity index (χ1v) is 11.0. The van der Waals surface area contributed by atoms with E-state index in [2.05, 4.69) is 76.2 Å². The van der Waals surface area contributed by atoms with E-state index >= 15 is 0 Å². The van der Waals surface area contributed by atoms with Gasteiger partial charge in [0.25, 0.3) is 0 Å². The van der Waals surface area contributed by atoms with Crippen LogP contribution in [-0.2, 0) is 0 Å². The van der Waals surface area contributed by atoms with Gasteiger partial charge in [0.05, 0.1) is 0 Å². The number of benzene rings is 1. The summed E-state index contributed by atoms with van der Waals surface area (Å²) in [6, 6.07) is 6.21. The maximum absolute atomic E-state index is 10.7. The Bertz CT molecular complexity index is 587. The van der Waals surface area contributed by atoms with E-state index in [9.17, 15) is 25.2 Å². The Morgan fingerprint density at radius 2 is 1.12 bits per heavy atom. The molecule has 0 spiro atoms. The summed E-state index contributed by atoms with van der Waals surface area (Å²) in [6.45, 7) is 4.23. The van der Waals surface area contributed by atoms with Crippen LogP contribution < -0.4 is 4.52 Å². The van der Waals surface area contributed by atoms with Crippen LogP contribution in [0.5, 0.6) is 5.75 Å². The molecule has 0 radical (unpaired) electrons. The minimum atomic E-state index is -10.7. The summed E-state index contributed by atoms with van der Waals surface area (Å²) in [6.07, 6.45) is 0. The molecular formula is C14H27F6N3OP2. The van der Waals surface area contributed by atoms with Gasteiger partial charge in [0.2, 0.25) is 0 Å². The molecule has 0 amide bonds. The second-order valence-corrected chi connectivity index (χ2v) is 11.8. The quantitative estimate of drug-likeness (QED) is 0.397. The topological polar surface area (TPSA) is 19.0 Å². The van der Waals surface area contributed by atoms with Crippen molar-refractivity contribution < 1.29 is 29.7 Å². The molecule has 1 rings (SSSR count). The van der Waals surface area contributed by atoms with Gasteiger partial charge in [-0.25, -0.2) is 0 Å². The van der Waals surface area contributed by atoms with E-state index in [4.69, 9.17) is 4.52 Å². The Morgan fingerprint density at radius 3 is 1.42 bits per heavy atom. The van der Waals surface area contributed by atoms with E-state index < -0.39 is 15.8 Å². The van der Waals surface area contributed by atoms with Crippen LogP contribution in [0, 0.1) is 13.8 Å². The number of hydrogen-bond donors (Lipinski definition) is 0. The number of halogens is 6. The van der Waals surface area contributed by atoms with Crippen LogP contribution in [0.4, 0.5) is 25.2 Å². The second-order valence-electron chi connectivity index (χ2n) is 6.30.